The van der Waals surface area contributed by atoms with E-state index in [4.69, 9.17) is 4.74 Å². The van der Waals surface area contributed by atoms with Gasteiger partial charge in [-0.2, -0.15) is 10.1 Å². The molecule has 0 aliphatic rings. The average Bonchev–Trinajstić information content (AvgIpc) is 2.85. The monoisotopic (exact) mass is 205 g/mol. The SMILES string of the molecule is CC.COc1cccc(-n2cccn2)n1. The number of aromatic nitrogens is 3. The van der Waals surface area contributed by atoms with Crippen molar-refractivity contribution < 1.29 is 4.74 Å². The molecule has 0 N–H and O–H groups in total. The Bertz CT molecular complexity index is 384. The predicted octanol–water partition coefficient (Wildman–Crippen LogP) is 2.30. The molecule has 80 valence electrons. The summed E-state index contributed by atoms with van der Waals surface area (Å²) in [5, 5.41) is 4.06. The summed E-state index contributed by atoms with van der Waals surface area (Å²) in [6.07, 6.45) is 3.54. The first kappa shape index (κ1) is 11.2. The molecular weight excluding hydrogens is 190 g/mol. The molecule has 0 aliphatic carbocycles. The van der Waals surface area contributed by atoms with Crippen LogP contribution in [0.1, 0.15) is 13.8 Å². The molecule has 0 spiro atoms. The summed E-state index contributed by atoms with van der Waals surface area (Å²) in [4.78, 5) is 4.21. The standard InChI is InChI=1S/C9H9N3O.C2H6/c1-13-9-5-2-4-8(11-9)12-7-3-6-10-12;1-2/h2-7H,1H3;1-2H3. The summed E-state index contributed by atoms with van der Waals surface area (Å²) >= 11 is 0. The van der Waals surface area contributed by atoms with Crippen LogP contribution in [0.25, 0.3) is 5.82 Å². The fourth-order valence-corrected chi connectivity index (χ4v) is 1.05. The van der Waals surface area contributed by atoms with E-state index in [2.05, 4.69) is 10.1 Å². The van der Waals surface area contributed by atoms with Gasteiger partial charge in [0, 0.05) is 18.5 Å². The maximum absolute atomic E-state index is 5.00. The summed E-state index contributed by atoms with van der Waals surface area (Å²) in [6, 6.07) is 7.40. The second kappa shape index (κ2) is 5.80. The highest BCUT2D eigenvalue weighted by Gasteiger charge is 1.98. The summed E-state index contributed by atoms with van der Waals surface area (Å²) in [5.41, 5.74) is 0. The Labute approximate surface area is 89.5 Å². The van der Waals surface area contributed by atoms with Crippen LogP contribution in [0, 0.1) is 0 Å². The molecule has 2 rings (SSSR count). The van der Waals surface area contributed by atoms with Crippen molar-refractivity contribution >= 4 is 0 Å². The molecule has 0 aliphatic heterocycles. The first-order chi connectivity index (χ1) is 7.40. The molecule has 4 nitrogen and oxygen atoms in total. The van der Waals surface area contributed by atoms with Crippen LogP contribution in [-0.2, 0) is 0 Å². The molecule has 2 aromatic rings. The van der Waals surface area contributed by atoms with Gasteiger partial charge in [-0.3, -0.25) is 0 Å². The molecule has 0 amide bonds. The molecule has 0 saturated carbocycles. The van der Waals surface area contributed by atoms with E-state index >= 15 is 0 Å². The van der Waals surface area contributed by atoms with Crippen LogP contribution in [-0.4, -0.2) is 21.9 Å². The number of methoxy groups -OCH3 is 1. The minimum Gasteiger partial charge on any atom is -0.481 e. The average molecular weight is 205 g/mol. The molecule has 2 aromatic heterocycles. The van der Waals surface area contributed by atoms with Crippen LogP contribution in [0.3, 0.4) is 0 Å². The van der Waals surface area contributed by atoms with Crippen LogP contribution in [0.4, 0.5) is 0 Å². The van der Waals surface area contributed by atoms with E-state index in [1.165, 1.54) is 0 Å². The van der Waals surface area contributed by atoms with Crippen LogP contribution in [0.5, 0.6) is 5.88 Å². The number of hydrogen-bond donors (Lipinski definition) is 0. The van der Waals surface area contributed by atoms with Gasteiger partial charge in [0.2, 0.25) is 5.88 Å². The van der Waals surface area contributed by atoms with Gasteiger partial charge in [-0.1, -0.05) is 19.9 Å². The van der Waals surface area contributed by atoms with Crippen molar-refractivity contribution in [3.05, 3.63) is 36.7 Å². The van der Waals surface area contributed by atoms with E-state index in [0.29, 0.717) is 5.88 Å². The topological polar surface area (TPSA) is 39.9 Å². The third-order valence-electron chi connectivity index (χ3n) is 1.66. The van der Waals surface area contributed by atoms with Crippen LogP contribution >= 0.6 is 0 Å². The highest BCUT2D eigenvalue weighted by Crippen LogP contribution is 2.09. The minimum absolute atomic E-state index is 0.591. The Morgan fingerprint density at radius 2 is 2.00 bits per heavy atom. The number of hydrogen-bond acceptors (Lipinski definition) is 3. The van der Waals surface area contributed by atoms with Crippen LogP contribution in [0.2, 0.25) is 0 Å². The summed E-state index contributed by atoms with van der Waals surface area (Å²) in [6.45, 7) is 4.00. The Morgan fingerprint density at radius 3 is 2.60 bits per heavy atom. The first-order valence-electron chi connectivity index (χ1n) is 4.91. The third kappa shape index (κ3) is 2.80. The highest BCUT2D eigenvalue weighted by molar-refractivity contribution is 5.25. The molecule has 4 heteroatoms. The lowest BCUT2D eigenvalue weighted by Crippen LogP contribution is -1.98. The zero-order valence-corrected chi connectivity index (χ0v) is 9.21. The second-order valence-electron chi connectivity index (χ2n) is 2.49. The number of rotatable bonds is 2. The van der Waals surface area contributed by atoms with Crippen LogP contribution < -0.4 is 4.74 Å². The Balaban J connectivity index is 0.000000531. The van der Waals surface area contributed by atoms with Gasteiger partial charge >= 0.3 is 0 Å². The molecule has 0 saturated heterocycles. The Morgan fingerprint density at radius 1 is 1.20 bits per heavy atom. The lowest BCUT2D eigenvalue weighted by atomic mass is 10.4. The van der Waals surface area contributed by atoms with Crippen molar-refractivity contribution in [3.63, 3.8) is 0 Å². The van der Waals surface area contributed by atoms with Crippen LogP contribution in [0.15, 0.2) is 36.7 Å². The Hall–Kier alpha value is -1.84. The second-order valence-corrected chi connectivity index (χ2v) is 2.49. The van der Waals surface area contributed by atoms with Crippen molar-refractivity contribution in [2.75, 3.05) is 7.11 Å². The van der Waals surface area contributed by atoms with E-state index in [0.717, 1.165) is 5.82 Å². The number of pyridine rings is 1. The molecule has 0 radical (unpaired) electrons. The molecule has 0 fully saturated rings. The zero-order valence-electron chi connectivity index (χ0n) is 9.21. The quantitative estimate of drug-likeness (QED) is 0.755. The maximum Gasteiger partial charge on any atom is 0.214 e. The predicted molar refractivity (Wildman–Crippen MR) is 59.3 cm³/mol. The van der Waals surface area contributed by atoms with Gasteiger partial charge in [0.05, 0.1) is 7.11 Å². The molecule has 0 bridgehead atoms. The van der Waals surface area contributed by atoms with Gasteiger partial charge < -0.3 is 4.74 Å². The van der Waals surface area contributed by atoms with Gasteiger partial charge in [-0.25, -0.2) is 4.68 Å². The fraction of sp³-hybridized carbons (Fsp3) is 0.273. The molecule has 2 heterocycles. The molecule has 0 aromatic carbocycles. The van der Waals surface area contributed by atoms with Gasteiger partial charge in [0.1, 0.15) is 0 Å². The van der Waals surface area contributed by atoms with E-state index in [1.54, 1.807) is 24.1 Å². The zero-order chi connectivity index (χ0) is 11.1. The van der Waals surface area contributed by atoms with Crippen molar-refractivity contribution in [2.45, 2.75) is 13.8 Å². The maximum atomic E-state index is 5.00. The van der Waals surface area contributed by atoms with Crippen molar-refractivity contribution in [1.82, 2.24) is 14.8 Å². The first-order valence-corrected chi connectivity index (χ1v) is 4.91. The highest BCUT2D eigenvalue weighted by atomic mass is 16.5. The van der Waals surface area contributed by atoms with E-state index in [-0.39, 0.29) is 0 Å². The van der Waals surface area contributed by atoms with Gasteiger partial charge in [0.15, 0.2) is 5.82 Å². The van der Waals surface area contributed by atoms with Crippen molar-refractivity contribution in [3.8, 4) is 11.7 Å². The van der Waals surface area contributed by atoms with Gasteiger partial charge in [-0.15, -0.1) is 0 Å². The van der Waals surface area contributed by atoms with E-state index in [9.17, 15) is 0 Å². The minimum atomic E-state index is 0.591. The van der Waals surface area contributed by atoms with Crippen molar-refractivity contribution in [1.29, 1.82) is 0 Å². The normalized spacial score (nSPS) is 9.00. The summed E-state index contributed by atoms with van der Waals surface area (Å²) in [7, 11) is 1.59. The summed E-state index contributed by atoms with van der Waals surface area (Å²) in [5.74, 6) is 1.34. The lowest BCUT2D eigenvalue weighted by Gasteiger charge is -2.02. The molecule has 15 heavy (non-hydrogen) atoms. The smallest absolute Gasteiger partial charge is 0.214 e. The fourth-order valence-electron chi connectivity index (χ4n) is 1.05. The Kier molecular flexibility index (Phi) is 4.34. The molecule has 0 unspecified atom stereocenters. The van der Waals surface area contributed by atoms with Crippen molar-refractivity contribution in [2.24, 2.45) is 0 Å². The summed E-state index contributed by atoms with van der Waals surface area (Å²) < 4.78 is 6.68. The third-order valence-corrected chi connectivity index (χ3v) is 1.66. The van der Waals surface area contributed by atoms with E-state index < -0.39 is 0 Å². The van der Waals surface area contributed by atoms with Gasteiger partial charge in [-0.05, 0) is 12.1 Å². The van der Waals surface area contributed by atoms with Gasteiger partial charge in [0.25, 0.3) is 0 Å². The largest absolute Gasteiger partial charge is 0.481 e. The lowest BCUT2D eigenvalue weighted by molar-refractivity contribution is 0.397. The molecule has 0 atom stereocenters. The number of nitrogens with zero attached hydrogens (tertiary/aromatic N) is 3. The van der Waals surface area contributed by atoms with E-state index in [1.807, 2.05) is 38.2 Å². The molecular formula is C11H15N3O. The number of ether oxygens (including phenoxy) is 1.